The van der Waals surface area contributed by atoms with E-state index in [9.17, 15) is 0 Å². The first-order valence-electron chi connectivity index (χ1n) is 4.23. The van der Waals surface area contributed by atoms with Gasteiger partial charge in [-0.3, -0.25) is 0 Å². The monoisotopic (exact) mass is 191 g/mol. The second-order valence-electron chi connectivity index (χ2n) is 3.97. The Bertz CT molecular complexity index is 343. The molecule has 0 aliphatic rings. The minimum Gasteiger partial charge on any atom is -0.194 e. The Morgan fingerprint density at radius 1 is 1.23 bits per heavy atom. The summed E-state index contributed by atoms with van der Waals surface area (Å²) in [7, 11) is 0. The van der Waals surface area contributed by atoms with E-state index in [2.05, 4.69) is 49.2 Å². The summed E-state index contributed by atoms with van der Waals surface area (Å²) >= 11 is 4.60. The Hall–Kier alpha value is -0.980. The van der Waals surface area contributed by atoms with Crippen LogP contribution in [-0.4, -0.2) is 5.16 Å². The zero-order valence-corrected chi connectivity index (χ0v) is 8.98. The molecule has 2 heteroatoms. The lowest BCUT2D eigenvalue weighted by atomic mass is 9.86. The first-order valence-corrected chi connectivity index (χ1v) is 4.64. The third kappa shape index (κ3) is 2.48. The lowest BCUT2D eigenvalue weighted by Gasteiger charge is -2.20. The molecule has 0 aromatic heterocycles. The van der Waals surface area contributed by atoms with E-state index in [1.165, 1.54) is 5.56 Å². The number of aliphatic imine (C=N–C) groups is 1. The van der Waals surface area contributed by atoms with Crippen LogP contribution in [0.3, 0.4) is 0 Å². The molecule has 1 rings (SSSR count). The van der Waals surface area contributed by atoms with Crippen molar-refractivity contribution in [2.45, 2.75) is 26.2 Å². The van der Waals surface area contributed by atoms with Crippen molar-refractivity contribution in [3.05, 3.63) is 29.8 Å². The van der Waals surface area contributed by atoms with E-state index in [1.807, 2.05) is 18.2 Å². The largest absolute Gasteiger partial charge is 0.194 e. The van der Waals surface area contributed by atoms with Gasteiger partial charge in [0.1, 0.15) is 0 Å². The number of rotatable bonds is 1. The normalized spacial score (nSPS) is 10.7. The maximum Gasteiger partial charge on any atom is 0.0776 e. The van der Waals surface area contributed by atoms with Crippen LogP contribution in [0.15, 0.2) is 29.3 Å². The molecule has 0 aliphatic heterocycles. The first kappa shape index (κ1) is 10.1. The van der Waals surface area contributed by atoms with Crippen molar-refractivity contribution in [3.8, 4) is 0 Å². The average Bonchev–Trinajstić information content (AvgIpc) is 2.04. The zero-order valence-electron chi connectivity index (χ0n) is 8.16. The lowest BCUT2D eigenvalue weighted by molar-refractivity contribution is 0.591. The van der Waals surface area contributed by atoms with Crippen LogP contribution in [0.4, 0.5) is 5.69 Å². The van der Waals surface area contributed by atoms with Gasteiger partial charge >= 0.3 is 0 Å². The van der Waals surface area contributed by atoms with E-state index in [0.29, 0.717) is 0 Å². The number of hydrogen-bond acceptors (Lipinski definition) is 2. The zero-order chi connectivity index (χ0) is 9.90. The summed E-state index contributed by atoms with van der Waals surface area (Å²) in [6, 6.07) is 8.01. The minimum atomic E-state index is 0.103. The second-order valence-corrected chi connectivity index (χ2v) is 4.15. The Kier molecular flexibility index (Phi) is 2.97. The Morgan fingerprint density at radius 3 is 2.38 bits per heavy atom. The Balaban J connectivity index is 3.27. The van der Waals surface area contributed by atoms with E-state index in [0.717, 1.165) is 5.69 Å². The van der Waals surface area contributed by atoms with Gasteiger partial charge in [0.2, 0.25) is 0 Å². The average molecular weight is 191 g/mol. The van der Waals surface area contributed by atoms with Crippen LogP contribution in [0, 0.1) is 0 Å². The summed E-state index contributed by atoms with van der Waals surface area (Å²) in [5.74, 6) is 0. The molecule has 0 atom stereocenters. The summed E-state index contributed by atoms with van der Waals surface area (Å²) in [5.41, 5.74) is 2.23. The number of isothiocyanates is 1. The van der Waals surface area contributed by atoms with Crippen LogP contribution in [-0.2, 0) is 5.41 Å². The van der Waals surface area contributed by atoms with Gasteiger partial charge in [-0.15, -0.1) is 0 Å². The highest BCUT2D eigenvalue weighted by Crippen LogP contribution is 2.30. The second kappa shape index (κ2) is 3.82. The van der Waals surface area contributed by atoms with Gasteiger partial charge in [0.15, 0.2) is 0 Å². The molecule has 0 spiro atoms. The molecule has 1 aromatic rings. The molecule has 0 radical (unpaired) electrons. The Morgan fingerprint density at radius 2 is 1.85 bits per heavy atom. The molecule has 68 valence electrons. The van der Waals surface area contributed by atoms with Crippen molar-refractivity contribution in [1.82, 2.24) is 0 Å². The van der Waals surface area contributed by atoms with Gasteiger partial charge in [-0.1, -0.05) is 39.0 Å². The molecule has 1 nitrogen and oxygen atoms in total. The van der Waals surface area contributed by atoms with Gasteiger partial charge in [0, 0.05) is 0 Å². The quantitative estimate of drug-likeness (QED) is 0.487. The molecule has 0 fully saturated rings. The number of thiocarbonyl (C=S) groups is 1. The van der Waals surface area contributed by atoms with Crippen LogP contribution in [0.25, 0.3) is 0 Å². The SMILES string of the molecule is CC(C)(C)c1ccccc1N=C=S. The van der Waals surface area contributed by atoms with Gasteiger partial charge in [0.05, 0.1) is 10.8 Å². The van der Waals surface area contributed by atoms with Crippen LogP contribution in [0.1, 0.15) is 26.3 Å². The molecule has 0 N–H and O–H groups in total. The fourth-order valence-corrected chi connectivity index (χ4v) is 1.35. The maximum atomic E-state index is 4.60. The summed E-state index contributed by atoms with van der Waals surface area (Å²) in [6.45, 7) is 6.47. The van der Waals surface area contributed by atoms with Crippen LogP contribution in [0.2, 0.25) is 0 Å². The van der Waals surface area contributed by atoms with Crippen molar-refractivity contribution in [2.75, 3.05) is 0 Å². The van der Waals surface area contributed by atoms with Gasteiger partial charge < -0.3 is 0 Å². The molecule has 0 unspecified atom stereocenters. The van der Waals surface area contributed by atoms with Crippen molar-refractivity contribution >= 4 is 23.1 Å². The fraction of sp³-hybridized carbons (Fsp3) is 0.364. The van der Waals surface area contributed by atoms with E-state index in [-0.39, 0.29) is 5.41 Å². The molecular weight excluding hydrogens is 178 g/mol. The molecule has 1 aromatic carbocycles. The number of nitrogens with zero attached hydrogens (tertiary/aromatic N) is 1. The fourth-order valence-electron chi connectivity index (χ4n) is 1.25. The molecule has 13 heavy (non-hydrogen) atoms. The van der Waals surface area contributed by atoms with E-state index in [1.54, 1.807) is 0 Å². The standard InChI is InChI=1S/C11H13NS/c1-11(2,3)9-6-4-5-7-10(9)12-8-13/h4-7H,1-3H3. The summed E-state index contributed by atoms with van der Waals surface area (Å²) in [6.07, 6.45) is 0. The maximum absolute atomic E-state index is 4.60. The van der Waals surface area contributed by atoms with E-state index >= 15 is 0 Å². The minimum absolute atomic E-state index is 0.103. The summed E-state index contributed by atoms with van der Waals surface area (Å²) in [5, 5.41) is 2.40. The molecule has 0 saturated heterocycles. The van der Waals surface area contributed by atoms with Gasteiger partial charge in [0.25, 0.3) is 0 Å². The number of benzene rings is 1. The number of para-hydroxylation sites is 1. The van der Waals surface area contributed by atoms with Crippen LogP contribution >= 0.6 is 12.2 Å². The third-order valence-corrected chi connectivity index (χ3v) is 1.97. The highest BCUT2D eigenvalue weighted by molar-refractivity contribution is 7.78. The van der Waals surface area contributed by atoms with Gasteiger partial charge in [-0.25, -0.2) is 0 Å². The highest BCUT2D eigenvalue weighted by Gasteiger charge is 2.16. The molecule has 0 saturated carbocycles. The summed E-state index contributed by atoms with van der Waals surface area (Å²) in [4.78, 5) is 4.04. The van der Waals surface area contributed by atoms with Gasteiger partial charge in [-0.05, 0) is 29.3 Å². The van der Waals surface area contributed by atoms with Crippen molar-refractivity contribution < 1.29 is 0 Å². The first-order chi connectivity index (χ1) is 6.05. The Labute approximate surface area is 84.5 Å². The molecule has 0 bridgehead atoms. The lowest BCUT2D eigenvalue weighted by Crippen LogP contribution is -2.10. The smallest absolute Gasteiger partial charge is 0.0776 e. The van der Waals surface area contributed by atoms with Crippen LogP contribution in [0.5, 0.6) is 0 Å². The summed E-state index contributed by atoms with van der Waals surface area (Å²) < 4.78 is 0. The molecular formula is C11H13NS. The molecule has 0 aliphatic carbocycles. The topological polar surface area (TPSA) is 12.4 Å². The predicted octanol–water partition coefficient (Wildman–Crippen LogP) is 3.72. The predicted molar refractivity (Wildman–Crippen MR) is 59.8 cm³/mol. The van der Waals surface area contributed by atoms with Crippen molar-refractivity contribution in [3.63, 3.8) is 0 Å². The molecule has 0 heterocycles. The van der Waals surface area contributed by atoms with E-state index in [4.69, 9.17) is 0 Å². The van der Waals surface area contributed by atoms with Gasteiger partial charge in [-0.2, -0.15) is 4.99 Å². The van der Waals surface area contributed by atoms with Crippen LogP contribution < -0.4 is 0 Å². The van der Waals surface area contributed by atoms with E-state index < -0.39 is 0 Å². The highest BCUT2D eigenvalue weighted by atomic mass is 32.1. The molecule has 0 amide bonds. The third-order valence-electron chi connectivity index (χ3n) is 1.88. The number of hydrogen-bond donors (Lipinski definition) is 0. The van der Waals surface area contributed by atoms with Crippen molar-refractivity contribution in [2.24, 2.45) is 4.99 Å². The van der Waals surface area contributed by atoms with Crippen molar-refractivity contribution in [1.29, 1.82) is 0 Å².